The first-order chi connectivity index (χ1) is 21.4. The summed E-state index contributed by atoms with van der Waals surface area (Å²) in [6.07, 6.45) is 1.03. The second-order valence-electron chi connectivity index (χ2n) is 10.2. The van der Waals surface area contributed by atoms with Crippen molar-refractivity contribution in [3.8, 4) is 33.9 Å². The Kier molecular flexibility index (Phi) is 7.12. The van der Waals surface area contributed by atoms with Crippen LogP contribution in [0.25, 0.3) is 56.0 Å². The third kappa shape index (κ3) is 5.16. The molecule has 4 aromatic carbocycles. The molecule has 13 heteroatoms. The largest absolute Gasteiger partial charge is 0.455 e. The summed E-state index contributed by atoms with van der Waals surface area (Å²) in [4.78, 5) is 29.9. The van der Waals surface area contributed by atoms with Crippen LogP contribution in [0, 0.1) is 11.6 Å². The number of carbonyl (C=O) groups is 2. The number of nitrogens with two attached hydrogens (primary N) is 1. The highest BCUT2D eigenvalue weighted by atomic mass is 32.2. The van der Waals surface area contributed by atoms with Gasteiger partial charge < -0.3 is 19.9 Å². The summed E-state index contributed by atoms with van der Waals surface area (Å²) < 4.78 is 66.6. The molecule has 6 rings (SSSR count). The first-order valence-electron chi connectivity index (χ1n) is 13.4. The van der Waals surface area contributed by atoms with E-state index in [0.29, 0.717) is 22.1 Å². The molecule has 0 spiro atoms. The number of amides is 2. The van der Waals surface area contributed by atoms with E-state index < -0.39 is 33.5 Å². The number of benzene rings is 4. The van der Waals surface area contributed by atoms with E-state index in [2.05, 4.69) is 10.3 Å². The number of hydrogen-bond donors (Lipinski definition) is 2. The highest BCUT2D eigenvalue weighted by molar-refractivity contribution is 7.92. The van der Waals surface area contributed by atoms with Crippen LogP contribution in [-0.4, -0.2) is 45.6 Å². The molecule has 0 aliphatic rings. The van der Waals surface area contributed by atoms with Crippen molar-refractivity contribution < 1.29 is 35.6 Å². The lowest BCUT2D eigenvalue weighted by atomic mass is 9.95. The highest BCUT2D eigenvalue weighted by Crippen LogP contribution is 2.42. The number of furan rings is 1. The van der Waals surface area contributed by atoms with Crippen molar-refractivity contribution in [2.24, 2.45) is 5.73 Å². The fourth-order valence-electron chi connectivity index (χ4n) is 5.09. The quantitative estimate of drug-likeness (QED) is 0.230. The number of nitrogens with zero attached hydrogens (tertiary/aromatic N) is 2. The number of hydrogen-bond acceptors (Lipinski definition) is 7. The Morgan fingerprint density at radius 1 is 0.911 bits per heavy atom. The summed E-state index contributed by atoms with van der Waals surface area (Å²) in [6, 6.07) is 17.1. The number of primary amides is 1. The van der Waals surface area contributed by atoms with E-state index >= 15 is 0 Å². The highest BCUT2D eigenvalue weighted by Gasteiger charge is 2.27. The molecule has 2 aromatic heterocycles. The van der Waals surface area contributed by atoms with Crippen LogP contribution in [0.4, 0.5) is 14.5 Å². The molecule has 0 saturated heterocycles. The molecule has 0 atom stereocenters. The van der Waals surface area contributed by atoms with Crippen molar-refractivity contribution in [1.82, 2.24) is 10.3 Å². The van der Waals surface area contributed by atoms with Gasteiger partial charge in [-0.3, -0.25) is 13.9 Å². The van der Waals surface area contributed by atoms with Crippen LogP contribution in [0.1, 0.15) is 20.7 Å². The van der Waals surface area contributed by atoms with Crippen LogP contribution >= 0.6 is 0 Å². The topological polar surface area (TPSA) is 149 Å². The van der Waals surface area contributed by atoms with Crippen LogP contribution in [0.2, 0.25) is 0 Å². The molecule has 0 radical (unpaired) electrons. The zero-order valence-electron chi connectivity index (χ0n) is 24.0. The van der Waals surface area contributed by atoms with E-state index in [9.17, 15) is 26.8 Å². The summed E-state index contributed by atoms with van der Waals surface area (Å²) in [5, 5.41) is 2.92. The number of fused-ring (bicyclic) bond motifs is 2. The lowest BCUT2D eigenvalue weighted by Gasteiger charge is -2.21. The van der Waals surface area contributed by atoms with Gasteiger partial charge in [-0.05, 0) is 60.2 Å². The number of oxazole rings is 1. The molecule has 0 aliphatic heterocycles. The minimum absolute atomic E-state index is 0.0257. The van der Waals surface area contributed by atoms with Crippen LogP contribution in [0.15, 0.2) is 81.6 Å². The maximum Gasteiger partial charge on any atom is 0.255 e. The second-order valence-corrected chi connectivity index (χ2v) is 12.2. The Labute approximate surface area is 255 Å². The first-order valence-corrected chi connectivity index (χ1v) is 15.2. The molecule has 10 nitrogen and oxygen atoms in total. The van der Waals surface area contributed by atoms with Crippen molar-refractivity contribution >= 4 is 49.6 Å². The zero-order chi connectivity index (χ0) is 32.2. The molecule has 0 bridgehead atoms. The molecule has 0 aliphatic carbocycles. The number of aromatic nitrogens is 1. The molecule has 2 heterocycles. The van der Waals surface area contributed by atoms with Crippen molar-refractivity contribution in [1.29, 1.82) is 0 Å². The van der Waals surface area contributed by atoms with Gasteiger partial charge in [-0.25, -0.2) is 22.2 Å². The summed E-state index contributed by atoms with van der Waals surface area (Å²) in [7, 11) is -1.02. The van der Waals surface area contributed by atoms with Crippen molar-refractivity contribution in [2.75, 3.05) is 24.7 Å². The smallest absolute Gasteiger partial charge is 0.255 e. The number of carbonyl (C=O) groups excluding carboxylic acids is 2. The molecule has 2 amide bonds. The number of sulfonamides is 1. The van der Waals surface area contributed by atoms with Gasteiger partial charge in [0, 0.05) is 36.7 Å². The van der Waals surface area contributed by atoms with E-state index in [4.69, 9.17) is 14.6 Å². The summed E-state index contributed by atoms with van der Waals surface area (Å²) in [5.74, 6) is -2.34. The SMILES string of the molecule is CNC(=O)c1c(-c2ccc(F)cc2)oc2cc(N(C)S(C)(=O)=O)c(-c3ccc(C(N)=O)c(-c4nc5c(F)cccc5o4)c3)cc12. The third-order valence-corrected chi connectivity index (χ3v) is 8.59. The van der Waals surface area contributed by atoms with Gasteiger partial charge in [0.15, 0.2) is 11.4 Å². The van der Waals surface area contributed by atoms with Gasteiger partial charge in [-0.15, -0.1) is 0 Å². The normalized spacial score (nSPS) is 11.7. The van der Waals surface area contributed by atoms with Gasteiger partial charge in [0.05, 0.1) is 28.6 Å². The van der Waals surface area contributed by atoms with Crippen molar-refractivity contribution in [3.05, 3.63) is 95.6 Å². The number of halogens is 2. The average Bonchev–Trinajstić information content (AvgIpc) is 3.62. The lowest BCUT2D eigenvalue weighted by Crippen LogP contribution is -2.25. The van der Waals surface area contributed by atoms with Crippen LogP contribution in [0.5, 0.6) is 0 Å². The predicted molar refractivity (Wildman–Crippen MR) is 165 cm³/mol. The molecule has 45 heavy (non-hydrogen) atoms. The van der Waals surface area contributed by atoms with Gasteiger partial charge in [0.25, 0.3) is 5.91 Å². The fourth-order valence-corrected chi connectivity index (χ4v) is 5.60. The van der Waals surface area contributed by atoms with E-state index in [1.54, 1.807) is 12.1 Å². The molecule has 3 N–H and O–H groups in total. The Hall–Kier alpha value is -5.56. The zero-order valence-corrected chi connectivity index (χ0v) is 24.8. The Balaban J connectivity index is 1.66. The fraction of sp³-hybridized carbons (Fsp3) is 0.0938. The molecular weight excluding hydrogens is 606 g/mol. The van der Waals surface area contributed by atoms with Crippen LogP contribution < -0.4 is 15.4 Å². The minimum atomic E-state index is -3.82. The maximum absolute atomic E-state index is 14.5. The third-order valence-electron chi connectivity index (χ3n) is 7.40. The van der Waals surface area contributed by atoms with Gasteiger partial charge in [0.1, 0.15) is 22.7 Å². The van der Waals surface area contributed by atoms with Gasteiger partial charge in [-0.2, -0.15) is 0 Å². The lowest BCUT2D eigenvalue weighted by molar-refractivity contribution is 0.0963. The Morgan fingerprint density at radius 2 is 1.62 bits per heavy atom. The number of anilines is 1. The average molecular weight is 631 g/mol. The molecular formula is C32H24F2N4O6S. The van der Waals surface area contributed by atoms with E-state index in [1.807, 2.05) is 0 Å². The number of rotatable bonds is 7. The van der Waals surface area contributed by atoms with Gasteiger partial charge in [0.2, 0.25) is 21.8 Å². The molecule has 0 unspecified atom stereocenters. The number of nitrogens with one attached hydrogen (secondary N) is 1. The number of para-hydroxylation sites is 1. The maximum atomic E-state index is 14.5. The standard InChI is InChI=1S/C32H24F2N4O6S/c1-36-31(40)27-22-14-20(24(38(2)45(3,41)42)15-26(22)43-29(27)16-7-10-18(33)11-8-16)17-9-12-19(30(35)39)21(13-17)32-37-28-23(34)5-4-6-25(28)44-32/h4-15H,1-3H3,(H2,35,39)(H,36,40). The molecule has 0 fully saturated rings. The monoisotopic (exact) mass is 630 g/mol. The van der Waals surface area contributed by atoms with Gasteiger partial charge in [-0.1, -0.05) is 12.1 Å². The second kappa shape index (κ2) is 10.9. The molecule has 0 saturated carbocycles. The summed E-state index contributed by atoms with van der Waals surface area (Å²) >= 11 is 0. The molecule has 228 valence electrons. The van der Waals surface area contributed by atoms with Crippen molar-refractivity contribution in [3.63, 3.8) is 0 Å². The van der Waals surface area contributed by atoms with Crippen LogP contribution in [-0.2, 0) is 10.0 Å². The summed E-state index contributed by atoms with van der Waals surface area (Å²) in [6.45, 7) is 0. The van der Waals surface area contributed by atoms with Crippen molar-refractivity contribution in [2.45, 2.75) is 0 Å². The minimum Gasteiger partial charge on any atom is -0.455 e. The van der Waals surface area contributed by atoms with E-state index in [0.717, 1.165) is 10.6 Å². The predicted octanol–water partition coefficient (Wildman–Crippen LogP) is 5.71. The first kappa shape index (κ1) is 29.5. The summed E-state index contributed by atoms with van der Waals surface area (Å²) in [5.41, 5.74) is 7.55. The van der Waals surface area contributed by atoms with Gasteiger partial charge >= 0.3 is 0 Å². The van der Waals surface area contributed by atoms with E-state index in [-0.39, 0.29) is 50.7 Å². The van der Waals surface area contributed by atoms with E-state index in [1.165, 1.54) is 74.8 Å². The Bertz CT molecular complexity index is 2280. The van der Waals surface area contributed by atoms with Crippen LogP contribution in [0.3, 0.4) is 0 Å². The Morgan fingerprint density at radius 3 is 2.27 bits per heavy atom. The molecule has 6 aromatic rings.